The maximum Gasteiger partial charge on any atom is 0.363 e. The van der Waals surface area contributed by atoms with Crippen LogP contribution in [0.4, 0.5) is 0 Å². The molecule has 0 amide bonds. The number of cyclic esters (lactones) is 1. The van der Waals surface area contributed by atoms with Gasteiger partial charge in [-0.2, -0.15) is 0 Å². The number of ether oxygens (including phenoxy) is 3. The summed E-state index contributed by atoms with van der Waals surface area (Å²) in [6.07, 6.45) is 1.71. The maximum atomic E-state index is 12.4. The van der Waals surface area contributed by atoms with E-state index >= 15 is 0 Å². The number of nitrogens with zero attached hydrogens (tertiary/aromatic N) is 1. The van der Waals surface area contributed by atoms with Gasteiger partial charge in [-0.15, -0.1) is 0 Å². The van der Waals surface area contributed by atoms with Crippen molar-refractivity contribution in [1.82, 2.24) is 0 Å². The Morgan fingerprint density at radius 1 is 1.00 bits per heavy atom. The Hall–Kier alpha value is -2.87. The normalized spacial score (nSPS) is 14.7. The molecule has 0 spiro atoms. The third kappa shape index (κ3) is 4.18. The molecule has 152 valence electrons. The predicted molar refractivity (Wildman–Crippen MR) is 126 cm³/mol. The van der Waals surface area contributed by atoms with E-state index in [1.54, 1.807) is 6.08 Å². The molecule has 6 heteroatoms. The highest BCUT2D eigenvalue weighted by molar-refractivity contribution is 14.1. The summed E-state index contributed by atoms with van der Waals surface area (Å²) < 4.78 is 17.8. The number of aliphatic imine (C=N–C) groups is 1. The number of carbonyl (C=O) groups is 1. The van der Waals surface area contributed by atoms with Gasteiger partial charge in [0.2, 0.25) is 5.90 Å². The molecule has 0 unspecified atom stereocenters. The van der Waals surface area contributed by atoms with Crippen LogP contribution in [0.15, 0.2) is 65.3 Å². The third-order valence-corrected chi connectivity index (χ3v) is 5.34. The Morgan fingerprint density at radius 3 is 2.53 bits per heavy atom. The zero-order chi connectivity index (χ0) is 21.1. The molecule has 0 aliphatic carbocycles. The second-order valence-electron chi connectivity index (χ2n) is 6.59. The molecule has 0 atom stereocenters. The summed E-state index contributed by atoms with van der Waals surface area (Å²) in [6, 6.07) is 17.7. The van der Waals surface area contributed by atoms with Crippen LogP contribution in [0.5, 0.6) is 11.5 Å². The maximum absolute atomic E-state index is 12.4. The lowest BCUT2D eigenvalue weighted by atomic mass is 10.1. The minimum atomic E-state index is -0.472. The summed E-state index contributed by atoms with van der Waals surface area (Å²) in [7, 11) is 0. The van der Waals surface area contributed by atoms with Crippen LogP contribution in [-0.4, -0.2) is 25.1 Å². The van der Waals surface area contributed by atoms with Gasteiger partial charge in [0, 0.05) is 5.56 Å². The molecule has 0 fully saturated rings. The van der Waals surface area contributed by atoms with Crippen LogP contribution in [0.1, 0.15) is 25.0 Å². The van der Waals surface area contributed by atoms with E-state index in [1.807, 2.05) is 68.4 Å². The summed E-state index contributed by atoms with van der Waals surface area (Å²) in [5, 5.41) is 2.18. The van der Waals surface area contributed by atoms with Crippen molar-refractivity contribution < 1.29 is 19.0 Å². The molecule has 4 rings (SSSR count). The molecule has 0 aromatic heterocycles. The first-order valence-corrected chi connectivity index (χ1v) is 10.8. The van der Waals surface area contributed by atoms with E-state index in [2.05, 4.69) is 27.6 Å². The zero-order valence-electron chi connectivity index (χ0n) is 16.6. The van der Waals surface area contributed by atoms with Gasteiger partial charge in [0.25, 0.3) is 0 Å². The summed E-state index contributed by atoms with van der Waals surface area (Å²) in [6.45, 7) is 4.91. The Kier molecular flexibility index (Phi) is 6.03. The minimum absolute atomic E-state index is 0.251. The largest absolute Gasteiger partial charge is 0.490 e. The highest BCUT2D eigenvalue weighted by Crippen LogP contribution is 2.35. The molecule has 0 saturated heterocycles. The van der Waals surface area contributed by atoms with Crippen LogP contribution in [0, 0.1) is 3.57 Å². The molecule has 0 radical (unpaired) electrons. The van der Waals surface area contributed by atoms with Crippen molar-refractivity contribution in [2.24, 2.45) is 4.99 Å². The number of carbonyl (C=O) groups excluding carboxylic acids is 1. The van der Waals surface area contributed by atoms with Gasteiger partial charge < -0.3 is 14.2 Å². The van der Waals surface area contributed by atoms with Crippen molar-refractivity contribution in [2.75, 3.05) is 13.2 Å². The summed E-state index contributed by atoms with van der Waals surface area (Å²) in [4.78, 5) is 16.9. The van der Waals surface area contributed by atoms with Gasteiger partial charge >= 0.3 is 5.97 Å². The fourth-order valence-electron chi connectivity index (χ4n) is 3.23. The average molecular weight is 513 g/mol. The van der Waals surface area contributed by atoms with Crippen LogP contribution < -0.4 is 9.47 Å². The highest BCUT2D eigenvalue weighted by atomic mass is 127. The molecule has 3 aromatic carbocycles. The third-order valence-electron chi connectivity index (χ3n) is 4.54. The molecular formula is C24H20INO4. The topological polar surface area (TPSA) is 57.1 Å². The van der Waals surface area contributed by atoms with E-state index in [-0.39, 0.29) is 5.70 Å². The van der Waals surface area contributed by atoms with E-state index < -0.39 is 5.97 Å². The minimum Gasteiger partial charge on any atom is -0.490 e. The molecule has 3 aromatic rings. The van der Waals surface area contributed by atoms with Gasteiger partial charge in [-0.05, 0) is 83.1 Å². The lowest BCUT2D eigenvalue weighted by Gasteiger charge is -2.13. The van der Waals surface area contributed by atoms with Crippen molar-refractivity contribution in [1.29, 1.82) is 0 Å². The van der Waals surface area contributed by atoms with Gasteiger partial charge in [0.05, 0.1) is 16.8 Å². The molecule has 0 saturated carbocycles. The van der Waals surface area contributed by atoms with Crippen LogP contribution in [-0.2, 0) is 9.53 Å². The molecule has 1 aliphatic rings. The fraction of sp³-hybridized carbons (Fsp3) is 0.167. The summed E-state index contributed by atoms with van der Waals surface area (Å²) in [5.41, 5.74) is 1.81. The molecule has 0 bridgehead atoms. The number of hydrogen-bond acceptors (Lipinski definition) is 5. The second kappa shape index (κ2) is 8.87. The molecular weight excluding hydrogens is 493 g/mol. The van der Waals surface area contributed by atoms with Crippen molar-refractivity contribution in [3.63, 3.8) is 0 Å². The van der Waals surface area contributed by atoms with Gasteiger partial charge in [-0.3, -0.25) is 0 Å². The average Bonchev–Trinajstić information content (AvgIpc) is 3.10. The van der Waals surface area contributed by atoms with E-state index in [1.165, 1.54) is 0 Å². The van der Waals surface area contributed by atoms with Gasteiger partial charge in [0.15, 0.2) is 17.2 Å². The lowest BCUT2D eigenvalue weighted by Crippen LogP contribution is -2.05. The molecule has 1 aliphatic heterocycles. The van der Waals surface area contributed by atoms with Crippen molar-refractivity contribution in [3.8, 4) is 11.5 Å². The molecule has 0 N–H and O–H groups in total. The number of hydrogen-bond donors (Lipinski definition) is 0. The second-order valence-corrected chi connectivity index (χ2v) is 7.76. The highest BCUT2D eigenvalue weighted by Gasteiger charge is 2.24. The van der Waals surface area contributed by atoms with Crippen molar-refractivity contribution in [2.45, 2.75) is 13.8 Å². The first-order chi connectivity index (χ1) is 14.6. The SMILES string of the molecule is CCOc1cc(/C=C2\N=C(c3ccc4ccccc4c3)OC2=O)cc(I)c1OCC. The first kappa shape index (κ1) is 20.4. The molecule has 1 heterocycles. The van der Waals surface area contributed by atoms with Gasteiger partial charge in [-0.1, -0.05) is 30.3 Å². The van der Waals surface area contributed by atoms with Crippen LogP contribution >= 0.6 is 22.6 Å². The summed E-state index contributed by atoms with van der Waals surface area (Å²) in [5.74, 6) is 1.18. The van der Waals surface area contributed by atoms with Crippen molar-refractivity contribution >= 4 is 51.3 Å². The lowest BCUT2D eigenvalue weighted by molar-refractivity contribution is -0.129. The number of halogens is 1. The van der Waals surface area contributed by atoms with E-state index in [0.717, 1.165) is 25.5 Å². The number of esters is 1. The standard InChI is InChI=1S/C24H20INO4/c1-3-28-21-13-15(11-19(25)22(21)29-4-2)12-20-24(27)30-23(26-20)18-10-9-16-7-5-6-8-17(16)14-18/h5-14H,3-4H2,1-2H3/b20-12-. The quantitative estimate of drug-likeness (QED) is 0.245. The number of rotatable bonds is 6. The van der Waals surface area contributed by atoms with Gasteiger partial charge in [-0.25, -0.2) is 9.79 Å². The van der Waals surface area contributed by atoms with E-state index in [0.29, 0.717) is 30.6 Å². The van der Waals surface area contributed by atoms with Gasteiger partial charge in [0.1, 0.15) is 0 Å². The fourth-order valence-corrected chi connectivity index (χ4v) is 4.01. The van der Waals surface area contributed by atoms with Crippen molar-refractivity contribution in [3.05, 3.63) is 75.0 Å². The Balaban J connectivity index is 1.69. The Labute approximate surface area is 188 Å². The Morgan fingerprint density at radius 2 is 1.77 bits per heavy atom. The van der Waals surface area contributed by atoms with Crippen LogP contribution in [0.3, 0.4) is 0 Å². The monoisotopic (exact) mass is 513 g/mol. The number of benzene rings is 3. The molecule has 5 nitrogen and oxygen atoms in total. The predicted octanol–water partition coefficient (Wildman–Crippen LogP) is 5.59. The first-order valence-electron chi connectivity index (χ1n) is 9.70. The van der Waals surface area contributed by atoms with Crippen LogP contribution in [0.2, 0.25) is 0 Å². The smallest absolute Gasteiger partial charge is 0.363 e. The van der Waals surface area contributed by atoms with E-state index in [4.69, 9.17) is 14.2 Å². The van der Waals surface area contributed by atoms with Crippen LogP contribution in [0.25, 0.3) is 16.8 Å². The van der Waals surface area contributed by atoms with E-state index in [9.17, 15) is 4.79 Å². The number of fused-ring (bicyclic) bond motifs is 1. The molecule has 30 heavy (non-hydrogen) atoms. The zero-order valence-corrected chi connectivity index (χ0v) is 18.8. The Bertz CT molecular complexity index is 1180. The summed E-state index contributed by atoms with van der Waals surface area (Å²) >= 11 is 2.20.